The Kier molecular flexibility index (Phi) is 4.50. The van der Waals surface area contributed by atoms with Gasteiger partial charge in [-0.3, -0.25) is 4.79 Å². The van der Waals surface area contributed by atoms with Crippen LogP contribution < -0.4 is 0 Å². The van der Waals surface area contributed by atoms with E-state index in [0.717, 1.165) is 21.2 Å². The molecule has 0 radical (unpaired) electrons. The van der Waals surface area contributed by atoms with Crippen LogP contribution in [0.1, 0.15) is 20.9 Å². The van der Waals surface area contributed by atoms with E-state index in [0.29, 0.717) is 44.1 Å². The first-order valence-electron chi connectivity index (χ1n) is 8.43. The van der Waals surface area contributed by atoms with Gasteiger partial charge < -0.3 is 14.2 Å². The summed E-state index contributed by atoms with van der Waals surface area (Å²) < 4.78 is 35.1. The van der Waals surface area contributed by atoms with Gasteiger partial charge in [-0.2, -0.15) is 0 Å². The van der Waals surface area contributed by atoms with Crippen LogP contribution in [0.2, 0.25) is 0 Å². The van der Waals surface area contributed by atoms with Crippen LogP contribution in [0.4, 0.5) is 8.78 Å². The lowest BCUT2D eigenvalue weighted by atomic mass is 10.2. The van der Waals surface area contributed by atoms with Crippen molar-refractivity contribution in [2.75, 3.05) is 26.3 Å². The third kappa shape index (κ3) is 3.12. The van der Waals surface area contributed by atoms with Crippen molar-refractivity contribution in [2.24, 2.45) is 0 Å². The van der Waals surface area contributed by atoms with Crippen LogP contribution in [-0.2, 0) is 11.3 Å². The first-order chi connectivity index (χ1) is 12.5. The van der Waals surface area contributed by atoms with Crippen molar-refractivity contribution < 1.29 is 18.3 Å². The maximum Gasteiger partial charge on any atom is 0.270 e. The molecule has 4 nitrogen and oxygen atoms in total. The highest BCUT2D eigenvalue weighted by Crippen LogP contribution is 2.30. The number of carbonyl (C=O) groups is 1. The molecule has 1 fully saturated rings. The lowest BCUT2D eigenvalue weighted by Gasteiger charge is -2.27. The van der Waals surface area contributed by atoms with Crippen LogP contribution in [-0.4, -0.2) is 41.7 Å². The highest BCUT2D eigenvalue weighted by atomic mass is 32.1. The summed E-state index contributed by atoms with van der Waals surface area (Å²) in [5.74, 6) is -1.81. The van der Waals surface area contributed by atoms with Crippen molar-refractivity contribution in [1.82, 2.24) is 9.47 Å². The summed E-state index contributed by atoms with van der Waals surface area (Å²) in [6.07, 6.45) is 0. The summed E-state index contributed by atoms with van der Waals surface area (Å²) in [5, 5.41) is 0. The molecule has 4 rings (SSSR count). The minimum atomic E-state index is -0.881. The van der Waals surface area contributed by atoms with Gasteiger partial charge in [0.25, 0.3) is 5.91 Å². The van der Waals surface area contributed by atoms with Gasteiger partial charge in [0.1, 0.15) is 5.69 Å². The first-order valence-corrected chi connectivity index (χ1v) is 9.25. The van der Waals surface area contributed by atoms with Crippen molar-refractivity contribution in [3.05, 3.63) is 58.1 Å². The molecule has 0 atom stereocenters. The van der Waals surface area contributed by atoms with Gasteiger partial charge in [0.05, 0.1) is 23.4 Å². The zero-order chi connectivity index (χ0) is 18.3. The lowest BCUT2D eigenvalue weighted by molar-refractivity contribution is 0.0296. The Morgan fingerprint density at radius 3 is 2.65 bits per heavy atom. The number of fused-ring (bicyclic) bond motifs is 1. The summed E-state index contributed by atoms with van der Waals surface area (Å²) in [5.41, 5.74) is 2.12. The SMILES string of the molecule is Cc1cc2c(cc(C(=O)N3CCOCC3)n2Cc2ccc(F)c(F)c2)s1. The number of rotatable bonds is 3. The highest BCUT2D eigenvalue weighted by Gasteiger charge is 2.24. The predicted octanol–water partition coefficient (Wildman–Crippen LogP) is 3.81. The Labute approximate surface area is 153 Å². The molecule has 26 heavy (non-hydrogen) atoms. The molecule has 0 aliphatic carbocycles. The Morgan fingerprint density at radius 2 is 1.92 bits per heavy atom. The number of thiophene rings is 1. The van der Waals surface area contributed by atoms with Crippen molar-refractivity contribution in [2.45, 2.75) is 13.5 Å². The Morgan fingerprint density at radius 1 is 1.15 bits per heavy atom. The topological polar surface area (TPSA) is 34.5 Å². The molecule has 0 unspecified atom stereocenters. The molecule has 1 aliphatic heterocycles. The molecule has 0 spiro atoms. The number of aryl methyl sites for hydroxylation is 1. The summed E-state index contributed by atoms with van der Waals surface area (Å²) in [6, 6.07) is 7.77. The van der Waals surface area contributed by atoms with Crippen molar-refractivity contribution >= 4 is 27.5 Å². The molecule has 7 heteroatoms. The number of ether oxygens (including phenoxy) is 1. The number of hydrogen-bond acceptors (Lipinski definition) is 3. The zero-order valence-corrected chi connectivity index (χ0v) is 15.1. The van der Waals surface area contributed by atoms with E-state index in [1.807, 2.05) is 23.6 Å². The summed E-state index contributed by atoms with van der Waals surface area (Å²) in [7, 11) is 0. The summed E-state index contributed by atoms with van der Waals surface area (Å²) in [4.78, 5) is 15.9. The fraction of sp³-hybridized carbons (Fsp3) is 0.316. The highest BCUT2D eigenvalue weighted by molar-refractivity contribution is 7.19. The van der Waals surface area contributed by atoms with Crippen LogP contribution in [0.25, 0.3) is 10.2 Å². The number of nitrogens with zero attached hydrogens (tertiary/aromatic N) is 2. The second-order valence-corrected chi connectivity index (χ2v) is 7.66. The number of halogens is 2. The van der Waals surface area contributed by atoms with Gasteiger partial charge in [-0.15, -0.1) is 11.3 Å². The van der Waals surface area contributed by atoms with Gasteiger partial charge in [-0.1, -0.05) is 6.07 Å². The average Bonchev–Trinajstić information content (AvgIpc) is 3.15. The van der Waals surface area contributed by atoms with Crippen molar-refractivity contribution in [1.29, 1.82) is 0 Å². The largest absolute Gasteiger partial charge is 0.378 e. The fourth-order valence-corrected chi connectivity index (χ4v) is 4.22. The number of aromatic nitrogens is 1. The summed E-state index contributed by atoms with van der Waals surface area (Å²) >= 11 is 1.62. The number of amides is 1. The van der Waals surface area contributed by atoms with E-state index >= 15 is 0 Å². The van der Waals surface area contributed by atoms with Gasteiger partial charge in [-0.25, -0.2) is 8.78 Å². The van der Waals surface area contributed by atoms with Crippen LogP contribution in [0.15, 0.2) is 30.3 Å². The van der Waals surface area contributed by atoms with Crippen LogP contribution in [0, 0.1) is 18.6 Å². The molecule has 0 bridgehead atoms. The van der Waals surface area contributed by atoms with Gasteiger partial charge in [-0.05, 0) is 36.8 Å². The molecule has 3 aromatic rings. The number of hydrogen-bond donors (Lipinski definition) is 0. The fourth-order valence-electron chi connectivity index (χ4n) is 3.26. The maximum atomic E-state index is 13.6. The molecule has 1 saturated heterocycles. The molecule has 2 aromatic heterocycles. The van der Waals surface area contributed by atoms with E-state index in [1.54, 1.807) is 22.3 Å². The van der Waals surface area contributed by atoms with Gasteiger partial charge in [0.2, 0.25) is 0 Å². The Balaban J connectivity index is 1.75. The molecule has 1 aliphatic rings. The number of carbonyl (C=O) groups excluding carboxylic acids is 1. The van der Waals surface area contributed by atoms with Crippen LogP contribution in [0.5, 0.6) is 0 Å². The van der Waals surface area contributed by atoms with Gasteiger partial charge in [0, 0.05) is 24.5 Å². The number of benzene rings is 1. The molecule has 0 saturated carbocycles. The Bertz CT molecular complexity index is 973. The zero-order valence-electron chi connectivity index (χ0n) is 14.3. The van der Waals surface area contributed by atoms with E-state index < -0.39 is 11.6 Å². The average molecular weight is 376 g/mol. The monoisotopic (exact) mass is 376 g/mol. The second kappa shape index (κ2) is 6.81. The smallest absolute Gasteiger partial charge is 0.270 e. The van der Waals surface area contributed by atoms with Crippen molar-refractivity contribution in [3.8, 4) is 0 Å². The molecule has 0 N–H and O–H groups in total. The molecular formula is C19H18F2N2O2S. The normalized spacial score (nSPS) is 15.0. The number of morpholine rings is 1. The van der Waals surface area contributed by atoms with E-state index in [2.05, 4.69) is 0 Å². The summed E-state index contributed by atoms with van der Waals surface area (Å²) in [6.45, 7) is 4.49. The second-order valence-electron chi connectivity index (χ2n) is 6.38. The Hall–Kier alpha value is -2.25. The van der Waals surface area contributed by atoms with Crippen LogP contribution >= 0.6 is 11.3 Å². The van der Waals surface area contributed by atoms with E-state index in [1.165, 1.54) is 6.07 Å². The molecule has 136 valence electrons. The van der Waals surface area contributed by atoms with Gasteiger partial charge in [0.15, 0.2) is 11.6 Å². The first kappa shape index (κ1) is 17.2. The van der Waals surface area contributed by atoms with E-state index in [-0.39, 0.29) is 5.91 Å². The van der Waals surface area contributed by atoms with Gasteiger partial charge >= 0.3 is 0 Å². The van der Waals surface area contributed by atoms with Crippen molar-refractivity contribution in [3.63, 3.8) is 0 Å². The molecular weight excluding hydrogens is 358 g/mol. The third-order valence-corrected chi connectivity index (χ3v) is 5.54. The molecule has 3 heterocycles. The molecule has 1 amide bonds. The van der Waals surface area contributed by atoms with Crippen LogP contribution in [0.3, 0.4) is 0 Å². The molecule has 1 aromatic carbocycles. The predicted molar refractivity (Wildman–Crippen MR) is 96.7 cm³/mol. The third-order valence-electron chi connectivity index (χ3n) is 4.55. The lowest BCUT2D eigenvalue weighted by Crippen LogP contribution is -2.41. The van der Waals surface area contributed by atoms with E-state index in [4.69, 9.17) is 4.74 Å². The minimum Gasteiger partial charge on any atom is -0.378 e. The maximum absolute atomic E-state index is 13.6. The quantitative estimate of drug-likeness (QED) is 0.697. The van der Waals surface area contributed by atoms with E-state index in [9.17, 15) is 13.6 Å². The standard InChI is InChI=1S/C19H18F2N2O2S/c1-12-8-16-18(26-12)10-17(19(24)22-4-6-25-7-5-22)23(16)11-13-2-3-14(20)15(21)9-13/h2-3,8-10H,4-7,11H2,1H3. The minimum absolute atomic E-state index is 0.0584.